The molecular formula is C44H86. The number of allylic oxidation sites excluding steroid dienone is 4. The fourth-order valence-electron chi connectivity index (χ4n) is 6.62. The highest BCUT2D eigenvalue weighted by atomic mass is 14.0. The van der Waals surface area contributed by atoms with Crippen molar-refractivity contribution in [2.45, 2.75) is 258 Å². The van der Waals surface area contributed by atoms with E-state index in [1.165, 1.54) is 244 Å². The van der Waals surface area contributed by atoms with Gasteiger partial charge in [-0.25, -0.2) is 0 Å². The normalized spacial score (nSPS) is 12.0. The van der Waals surface area contributed by atoms with Crippen molar-refractivity contribution in [1.29, 1.82) is 0 Å². The lowest BCUT2D eigenvalue weighted by Gasteiger charge is -2.04. The molecule has 0 unspecified atom stereocenters. The van der Waals surface area contributed by atoms with Crippen molar-refractivity contribution in [2.75, 3.05) is 0 Å². The first-order valence-electron chi connectivity index (χ1n) is 21.2. The van der Waals surface area contributed by atoms with Gasteiger partial charge in [0.15, 0.2) is 0 Å². The first kappa shape index (κ1) is 43.5. The third kappa shape index (κ3) is 41.5. The van der Waals surface area contributed by atoms with Gasteiger partial charge in [0.25, 0.3) is 0 Å². The van der Waals surface area contributed by atoms with Crippen LogP contribution in [0, 0.1) is 0 Å². The van der Waals surface area contributed by atoms with Crippen LogP contribution in [0.15, 0.2) is 24.3 Å². The van der Waals surface area contributed by atoms with E-state index in [1.54, 1.807) is 0 Å². The van der Waals surface area contributed by atoms with E-state index in [9.17, 15) is 0 Å². The summed E-state index contributed by atoms with van der Waals surface area (Å²) in [5.74, 6) is 0. The average molecular weight is 615 g/mol. The molecule has 0 aliphatic rings. The second kappa shape index (κ2) is 42.5. The summed E-state index contributed by atoms with van der Waals surface area (Å²) >= 11 is 0. The van der Waals surface area contributed by atoms with Gasteiger partial charge in [-0.3, -0.25) is 0 Å². The highest BCUT2D eigenvalue weighted by Gasteiger charge is 1.96. The molecule has 0 aliphatic carbocycles. The Morgan fingerprint density at radius 2 is 0.318 bits per heavy atom. The van der Waals surface area contributed by atoms with Gasteiger partial charge in [0, 0.05) is 0 Å². The summed E-state index contributed by atoms with van der Waals surface area (Å²) in [5, 5.41) is 0. The standard InChI is InChI=1S/C44H86/c1-3-5-7-9-11-13-15-17-19-21-23-25-27-29-31-33-35-37-39-41-43-44-42-40-38-36-34-32-30-28-26-24-22-20-18-16-14-12-10-8-6-4-2/h17-20H,3-16,21-44H2,1-2H3. The third-order valence-electron chi connectivity index (χ3n) is 9.77. The van der Waals surface area contributed by atoms with Gasteiger partial charge in [-0.15, -0.1) is 0 Å². The Hall–Kier alpha value is -0.520. The van der Waals surface area contributed by atoms with Crippen molar-refractivity contribution in [1.82, 2.24) is 0 Å². The second-order valence-corrected chi connectivity index (χ2v) is 14.4. The van der Waals surface area contributed by atoms with Crippen molar-refractivity contribution in [2.24, 2.45) is 0 Å². The molecule has 0 rings (SSSR count). The molecule has 0 bridgehead atoms. The van der Waals surface area contributed by atoms with Crippen LogP contribution in [0.4, 0.5) is 0 Å². The predicted octanol–water partition coefficient (Wildman–Crippen LogP) is 17.0. The number of hydrogen-bond acceptors (Lipinski definition) is 0. The Balaban J connectivity index is 3.09. The van der Waals surface area contributed by atoms with Crippen LogP contribution in [0.3, 0.4) is 0 Å². The van der Waals surface area contributed by atoms with E-state index in [2.05, 4.69) is 38.2 Å². The molecule has 44 heavy (non-hydrogen) atoms. The van der Waals surface area contributed by atoms with Crippen LogP contribution >= 0.6 is 0 Å². The zero-order chi connectivity index (χ0) is 31.7. The van der Waals surface area contributed by atoms with E-state index in [4.69, 9.17) is 0 Å². The molecular weight excluding hydrogens is 528 g/mol. The molecule has 0 heterocycles. The largest absolute Gasteiger partial charge is 0.0885 e. The minimum absolute atomic E-state index is 1.31. The van der Waals surface area contributed by atoms with Gasteiger partial charge < -0.3 is 0 Å². The monoisotopic (exact) mass is 615 g/mol. The van der Waals surface area contributed by atoms with Crippen LogP contribution in [0.25, 0.3) is 0 Å². The van der Waals surface area contributed by atoms with Gasteiger partial charge in [0.1, 0.15) is 0 Å². The van der Waals surface area contributed by atoms with E-state index in [0.717, 1.165) is 0 Å². The van der Waals surface area contributed by atoms with Gasteiger partial charge in [-0.05, 0) is 51.4 Å². The topological polar surface area (TPSA) is 0 Å². The van der Waals surface area contributed by atoms with Crippen LogP contribution in [0.2, 0.25) is 0 Å². The van der Waals surface area contributed by atoms with Gasteiger partial charge in [0.2, 0.25) is 0 Å². The lowest BCUT2D eigenvalue weighted by molar-refractivity contribution is 0.518. The maximum Gasteiger partial charge on any atom is -0.0351 e. The highest BCUT2D eigenvalue weighted by Crippen LogP contribution is 2.16. The second-order valence-electron chi connectivity index (χ2n) is 14.4. The van der Waals surface area contributed by atoms with Crippen molar-refractivity contribution in [3.63, 3.8) is 0 Å². The molecule has 0 aliphatic heterocycles. The van der Waals surface area contributed by atoms with Crippen LogP contribution in [-0.4, -0.2) is 0 Å². The first-order chi connectivity index (χ1) is 21.9. The highest BCUT2D eigenvalue weighted by molar-refractivity contribution is 4.82. The summed E-state index contributed by atoms with van der Waals surface area (Å²) in [5.41, 5.74) is 0. The van der Waals surface area contributed by atoms with Crippen LogP contribution in [0.5, 0.6) is 0 Å². The van der Waals surface area contributed by atoms with Crippen molar-refractivity contribution < 1.29 is 0 Å². The van der Waals surface area contributed by atoms with E-state index >= 15 is 0 Å². The van der Waals surface area contributed by atoms with Crippen molar-refractivity contribution in [3.05, 3.63) is 24.3 Å². The Labute approximate surface area is 281 Å². The van der Waals surface area contributed by atoms with Crippen LogP contribution < -0.4 is 0 Å². The maximum absolute atomic E-state index is 2.45. The summed E-state index contributed by atoms with van der Waals surface area (Å²) < 4.78 is 0. The molecule has 0 aromatic rings. The van der Waals surface area contributed by atoms with E-state index in [1.807, 2.05) is 0 Å². The third-order valence-corrected chi connectivity index (χ3v) is 9.77. The zero-order valence-electron chi connectivity index (χ0n) is 31.2. The lowest BCUT2D eigenvalue weighted by Crippen LogP contribution is -1.84. The van der Waals surface area contributed by atoms with Gasteiger partial charge in [-0.2, -0.15) is 0 Å². The molecule has 0 saturated heterocycles. The molecule has 262 valence electrons. The molecule has 0 aromatic carbocycles. The number of hydrogen-bond donors (Lipinski definition) is 0. The van der Waals surface area contributed by atoms with Crippen LogP contribution in [-0.2, 0) is 0 Å². The Morgan fingerprint density at radius 1 is 0.182 bits per heavy atom. The number of rotatable bonds is 39. The Bertz CT molecular complexity index is 480. The smallest absolute Gasteiger partial charge is 0.0351 e. The molecule has 0 fully saturated rings. The van der Waals surface area contributed by atoms with E-state index < -0.39 is 0 Å². The summed E-state index contributed by atoms with van der Waals surface area (Å²) in [6.45, 7) is 4.60. The minimum atomic E-state index is 1.31. The molecule has 0 saturated carbocycles. The molecule has 0 nitrogen and oxygen atoms in total. The van der Waals surface area contributed by atoms with E-state index in [-0.39, 0.29) is 0 Å². The average Bonchev–Trinajstić information content (AvgIpc) is 3.04. The molecule has 0 amide bonds. The van der Waals surface area contributed by atoms with Crippen LogP contribution in [0.1, 0.15) is 258 Å². The zero-order valence-corrected chi connectivity index (χ0v) is 31.2. The fourth-order valence-corrected chi connectivity index (χ4v) is 6.62. The summed E-state index contributed by atoms with van der Waals surface area (Å²) in [4.78, 5) is 0. The van der Waals surface area contributed by atoms with Crippen molar-refractivity contribution in [3.8, 4) is 0 Å². The summed E-state index contributed by atoms with van der Waals surface area (Å²) in [7, 11) is 0. The summed E-state index contributed by atoms with van der Waals surface area (Å²) in [6, 6.07) is 0. The van der Waals surface area contributed by atoms with Gasteiger partial charge >= 0.3 is 0 Å². The summed E-state index contributed by atoms with van der Waals surface area (Å²) in [6.07, 6.45) is 64.4. The first-order valence-corrected chi connectivity index (χ1v) is 21.2. The van der Waals surface area contributed by atoms with Crippen molar-refractivity contribution >= 4 is 0 Å². The molecule has 0 radical (unpaired) electrons. The molecule has 0 heteroatoms. The molecule has 0 N–H and O–H groups in total. The van der Waals surface area contributed by atoms with Gasteiger partial charge in [0.05, 0.1) is 0 Å². The predicted molar refractivity (Wildman–Crippen MR) is 205 cm³/mol. The quantitative estimate of drug-likeness (QED) is 0.0477. The fraction of sp³-hybridized carbons (Fsp3) is 0.909. The Morgan fingerprint density at radius 3 is 0.477 bits per heavy atom. The molecule has 0 atom stereocenters. The Kier molecular flexibility index (Phi) is 42.0. The lowest BCUT2D eigenvalue weighted by atomic mass is 10.0. The van der Waals surface area contributed by atoms with Gasteiger partial charge in [-0.1, -0.05) is 231 Å². The number of unbranched alkanes of at least 4 members (excludes halogenated alkanes) is 35. The SMILES string of the molecule is CCCCCCCCC=CCCCCCCCCCCCCCCCCCCCCCCCCC=CCCCCCCCC. The molecule has 0 spiro atoms. The molecule has 0 aromatic heterocycles. The van der Waals surface area contributed by atoms with E-state index in [0.29, 0.717) is 0 Å². The minimum Gasteiger partial charge on any atom is -0.0885 e. The maximum atomic E-state index is 2.45.